The first-order chi connectivity index (χ1) is 19.8. The van der Waals surface area contributed by atoms with Gasteiger partial charge in [-0.25, -0.2) is 14.1 Å². The molecule has 3 heterocycles. The number of nitrogen functional groups attached to an aromatic ring is 1. The Labute approximate surface area is 241 Å². The number of thiazole rings is 1. The molecule has 2 fully saturated rings. The van der Waals surface area contributed by atoms with Crippen molar-refractivity contribution in [3.63, 3.8) is 0 Å². The van der Waals surface area contributed by atoms with Gasteiger partial charge in [-0.1, -0.05) is 5.16 Å². The van der Waals surface area contributed by atoms with Crippen molar-refractivity contribution in [2.75, 3.05) is 18.8 Å². The van der Waals surface area contributed by atoms with E-state index in [0.717, 1.165) is 16.1 Å². The van der Waals surface area contributed by atoms with Crippen LogP contribution in [0.4, 0.5) is 5.13 Å². The van der Waals surface area contributed by atoms with Crippen molar-refractivity contribution < 1.29 is 37.3 Å². The average Bonchev–Trinajstić information content (AvgIpc) is 3.38. The van der Waals surface area contributed by atoms with Gasteiger partial charge in [0.1, 0.15) is 23.5 Å². The average molecular weight is 629 g/mol. The summed E-state index contributed by atoms with van der Waals surface area (Å²) < 4.78 is 33.7. The Morgan fingerprint density at radius 3 is 2.64 bits per heavy atom. The molecule has 42 heavy (non-hydrogen) atoms. The number of amides is 2. The molecule has 2 atom stereocenters. The van der Waals surface area contributed by atoms with Crippen LogP contribution in [0.3, 0.4) is 0 Å². The Hall–Kier alpha value is -4.41. The Kier molecular flexibility index (Phi) is 8.60. The van der Waals surface area contributed by atoms with E-state index < -0.39 is 51.5 Å². The smallest absolute Gasteiger partial charge is 0.362 e. The van der Waals surface area contributed by atoms with Gasteiger partial charge in [0.15, 0.2) is 16.8 Å². The summed E-state index contributed by atoms with van der Waals surface area (Å²) in [4.78, 5) is 49.1. The third-order valence-electron chi connectivity index (χ3n) is 6.35. The maximum absolute atomic E-state index is 13.2. The van der Waals surface area contributed by atoms with E-state index in [0.29, 0.717) is 25.2 Å². The number of β-lactam (4-membered cyclic amide) rings is 1. The van der Waals surface area contributed by atoms with Gasteiger partial charge in [-0.2, -0.15) is 23.4 Å². The molecule has 20 nitrogen and oxygen atoms in total. The first-order valence-electron chi connectivity index (χ1n) is 12.3. The molecule has 0 spiro atoms. The summed E-state index contributed by atoms with van der Waals surface area (Å²) in [6.07, 6.45) is 2.21. The molecule has 0 bridgehead atoms. The number of anilines is 1. The van der Waals surface area contributed by atoms with Crippen LogP contribution in [0, 0.1) is 5.41 Å². The van der Waals surface area contributed by atoms with E-state index in [-0.39, 0.29) is 47.0 Å². The molecule has 2 aromatic heterocycles. The molecule has 1 saturated heterocycles. The zero-order chi connectivity index (χ0) is 30.8. The standard InChI is InChI=1S/C20H28N12O8S2/c21-4-1-5-30(18(22)23)7-10-6-25-31(28-10)8-12-14(16(34)32(12)42(37,38)39)27-15(33)13(11-9-41-19(24)26-11)29-40-20(2-3-20)17(35)36/h6,9,12,14H,1-5,7-8,21H2,(H3,22,23)(H2,24,26)(H,27,33)(H,35,36)(H,37,38,39)/b29-13-/t12-,14+/m1/s1. The molecular weight excluding hydrogens is 600 g/mol. The van der Waals surface area contributed by atoms with E-state index in [9.17, 15) is 32.5 Å². The van der Waals surface area contributed by atoms with Gasteiger partial charge >= 0.3 is 16.3 Å². The van der Waals surface area contributed by atoms with E-state index in [2.05, 4.69) is 25.7 Å². The monoisotopic (exact) mass is 628 g/mol. The van der Waals surface area contributed by atoms with E-state index >= 15 is 0 Å². The van der Waals surface area contributed by atoms with Crippen LogP contribution in [0.25, 0.3) is 0 Å². The Morgan fingerprint density at radius 2 is 2.10 bits per heavy atom. The first kappa shape index (κ1) is 30.5. The summed E-state index contributed by atoms with van der Waals surface area (Å²) in [7, 11) is -5.04. The van der Waals surface area contributed by atoms with Crippen LogP contribution in [-0.4, -0.2) is 107 Å². The van der Waals surface area contributed by atoms with Crippen LogP contribution in [-0.2, 0) is 42.6 Å². The number of aromatic nitrogens is 4. The van der Waals surface area contributed by atoms with Gasteiger partial charge in [-0.3, -0.25) is 19.6 Å². The number of carbonyl (C=O) groups excluding carboxylic acids is 2. The second-order valence-electron chi connectivity index (χ2n) is 9.37. The summed E-state index contributed by atoms with van der Waals surface area (Å²) in [5.74, 6) is -3.71. The van der Waals surface area contributed by atoms with Crippen molar-refractivity contribution in [1.29, 1.82) is 5.41 Å². The number of guanidine groups is 1. The number of hydrogen-bond donors (Lipinski definition) is 7. The fraction of sp³-hybridized carbons (Fsp3) is 0.500. The van der Waals surface area contributed by atoms with Crippen LogP contribution in [0.2, 0.25) is 0 Å². The van der Waals surface area contributed by atoms with Crippen LogP contribution >= 0.6 is 11.3 Å². The highest BCUT2D eigenvalue weighted by Gasteiger charge is 2.56. The molecular formula is C20H28N12O8S2. The third kappa shape index (κ3) is 6.56. The molecule has 2 amide bonds. The normalized spacial score (nSPS) is 19.6. The lowest BCUT2D eigenvalue weighted by Gasteiger charge is -2.43. The van der Waals surface area contributed by atoms with Gasteiger partial charge in [0.2, 0.25) is 5.60 Å². The van der Waals surface area contributed by atoms with Crippen molar-refractivity contribution in [3.05, 3.63) is 23.0 Å². The second kappa shape index (κ2) is 11.8. The maximum Gasteiger partial charge on any atom is 0.362 e. The first-order valence-corrected chi connectivity index (χ1v) is 14.5. The van der Waals surface area contributed by atoms with Gasteiger partial charge in [0.05, 0.1) is 19.3 Å². The largest absolute Gasteiger partial charge is 0.478 e. The number of carboxylic acids is 1. The van der Waals surface area contributed by atoms with E-state index in [4.69, 9.17) is 27.4 Å². The van der Waals surface area contributed by atoms with Crippen LogP contribution in [0.15, 0.2) is 16.7 Å². The summed E-state index contributed by atoms with van der Waals surface area (Å²) in [5, 5.41) is 32.8. The summed E-state index contributed by atoms with van der Waals surface area (Å²) in [5.41, 5.74) is 14.9. The predicted molar refractivity (Wildman–Crippen MR) is 144 cm³/mol. The number of nitrogens with zero attached hydrogens (tertiary/aromatic N) is 7. The Bertz CT molecular complexity index is 1520. The lowest BCUT2D eigenvalue weighted by atomic mass is 9.98. The minimum absolute atomic E-state index is 0.0620. The topological polar surface area (TPSA) is 311 Å². The van der Waals surface area contributed by atoms with E-state index in [1.54, 1.807) is 0 Å². The summed E-state index contributed by atoms with van der Waals surface area (Å²) in [6, 6.07) is -2.86. The number of oxime groups is 1. The summed E-state index contributed by atoms with van der Waals surface area (Å²) >= 11 is 0.959. The molecule has 2 aromatic rings. The van der Waals surface area contributed by atoms with E-state index in [1.165, 1.54) is 16.5 Å². The molecule has 1 aliphatic heterocycles. The summed E-state index contributed by atoms with van der Waals surface area (Å²) in [6.45, 7) is 0.468. The minimum Gasteiger partial charge on any atom is -0.478 e. The molecule has 2 aliphatic rings. The molecule has 22 heteroatoms. The molecule has 0 unspecified atom stereocenters. The highest BCUT2D eigenvalue weighted by molar-refractivity contribution is 7.84. The van der Waals surface area contributed by atoms with Gasteiger partial charge in [-0.05, 0) is 13.0 Å². The van der Waals surface area contributed by atoms with E-state index in [1.807, 2.05) is 0 Å². The number of rotatable bonds is 14. The highest BCUT2D eigenvalue weighted by atomic mass is 32.2. The lowest BCUT2D eigenvalue weighted by molar-refractivity contribution is -0.153. The van der Waals surface area contributed by atoms with Crippen molar-refractivity contribution in [2.45, 2.75) is 50.0 Å². The van der Waals surface area contributed by atoms with Gasteiger partial charge in [-0.15, -0.1) is 11.3 Å². The number of nitrogens with one attached hydrogen (secondary N) is 2. The number of hydrogen-bond acceptors (Lipinski definition) is 14. The number of carbonyl (C=O) groups is 3. The SMILES string of the molecule is N=C(N)N(CCCN)Cc1cnn(C[C@@H]2[C@H](NC(=O)/C(=N\OC3(C(=O)O)CC3)c3csc(N)n3)C(=O)N2S(=O)(=O)O)n1. The van der Waals surface area contributed by atoms with Gasteiger partial charge < -0.3 is 37.4 Å². The molecule has 228 valence electrons. The third-order valence-corrected chi connectivity index (χ3v) is 7.97. The molecule has 4 rings (SSSR count). The van der Waals surface area contributed by atoms with Crippen molar-refractivity contribution in [3.8, 4) is 0 Å². The molecule has 1 saturated carbocycles. The van der Waals surface area contributed by atoms with Gasteiger partial charge in [0, 0.05) is 24.8 Å². The van der Waals surface area contributed by atoms with Crippen LogP contribution in [0.1, 0.15) is 30.7 Å². The van der Waals surface area contributed by atoms with Gasteiger partial charge in [0.25, 0.3) is 11.8 Å². The fourth-order valence-electron chi connectivity index (χ4n) is 3.97. The maximum atomic E-state index is 13.2. The Morgan fingerprint density at radius 1 is 1.38 bits per heavy atom. The minimum atomic E-state index is -5.04. The molecule has 0 aromatic carbocycles. The lowest BCUT2D eigenvalue weighted by Crippen LogP contribution is -2.73. The molecule has 0 radical (unpaired) electrons. The number of carboxylic acid groups (broad SMARTS) is 1. The quantitative estimate of drug-likeness (QED) is 0.0358. The second-order valence-corrected chi connectivity index (χ2v) is 11.6. The zero-order valence-electron chi connectivity index (χ0n) is 21.8. The number of nitrogens with two attached hydrogens (primary N) is 3. The highest BCUT2D eigenvalue weighted by Crippen LogP contribution is 2.40. The Balaban J connectivity index is 1.53. The molecule has 1 aliphatic carbocycles. The molecule has 10 N–H and O–H groups in total. The number of aliphatic carboxylic acids is 1. The van der Waals surface area contributed by atoms with Crippen molar-refractivity contribution in [2.24, 2.45) is 16.6 Å². The predicted octanol–water partition coefficient (Wildman–Crippen LogP) is -3.10. The zero-order valence-corrected chi connectivity index (χ0v) is 23.4. The van der Waals surface area contributed by atoms with Crippen LogP contribution in [0.5, 0.6) is 0 Å². The fourth-order valence-corrected chi connectivity index (χ4v) is 5.38. The van der Waals surface area contributed by atoms with Crippen molar-refractivity contribution >= 4 is 56.2 Å². The van der Waals surface area contributed by atoms with Crippen molar-refractivity contribution in [1.82, 2.24) is 34.5 Å². The van der Waals surface area contributed by atoms with Crippen LogP contribution < -0.4 is 22.5 Å².